The minimum Gasteiger partial charge on any atom is -0.497 e. The van der Waals surface area contributed by atoms with Crippen molar-refractivity contribution in [2.24, 2.45) is 5.92 Å². The fourth-order valence-corrected chi connectivity index (χ4v) is 5.72. The summed E-state index contributed by atoms with van der Waals surface area (Å²) in [5.41, 5.74) is 0. The molecule has 2 atom stereocenters. The molecule has 1 aromatic rings. The van der Waals surface area contributed by atoms with Gasteiger partial charge in [-0.1, -0.05) is 13.8 Å². The highest BCUT2D eigenvalue weighted by molar-refractivity contribution is 7.64. The Morgan fingerprint density at radius 1 is 1.35 bits per heavy atom. The zero-order valence-electron chi connectivity index (χ0n) is 16.1. The molecule has 7 heteroatoms. The molecule has 0 radical (unpaired) electrons. The number of hydrogen-bond donors (Lipinski definition) is 0. The number of ether oxygens (including phenoxy) is 2. The number of esters is 1. The zero-order chi connectivity index (χ0) is 19.2. The zero-order valence-corrected chi connectivity index (χ0v) is 17.0. The lowest BCUT2D eigenvalue weighted by molar-refractivity contribution is -0.143. The van der Waals surface area contributed by atoms with Crippen LogP contribution in [0.15, 0.2) is 24.3 Å². The third kappa shape index (κ3) is 5.09. The lowest BCUT2D eigenvalue weighted by atomic mass is 10.00. The Labute approximate surface area is 156 Å². The van der Waals surface area contributed by atoms with E-state index in [0.29, 0.717) is 30.2 Å². The molecule has 2 unspecified atom stereocenters. The van der Waals surface area contributed by atoms with Gasteiger partial charge in [-0.05, 0) is 56.4 Å². The quantitative estimate of drug-likeness (QED) is 0.529. The summed E-state index contributed by atoms with van der Waals surface area (Å²) < 4.78 is 31.9. The van der Waals surface area contributed by atoms with Crippen LogP contribution in [0.5, 0.6) is 5.75 Å². The summed E-state index contributed by atoms with van der Waals surface area (Å²) in [5.74, 6) is 0.735. The van der Waals surface area contributed by atoms with Gasteiger partial charge in [-0.2, -0.15) is 0 Å². The molecule has 1 aliphatic rings. The summed E-state index contributed by atoms with van der Waals surface area (Å²) in [5, 5.41) is 0.582. The monoisotopic (exact) mass is 383 g/mol. The molecule has 1 fully saturated rings. The minimum absolute atomic E-state index is 0.00911. The molecule has 0 saturated carbocycles. The number of hydrogen-bond acceptors (Lipinski definition) is 5. The van der Waals surface area contributed by atoms with Crippen LogP contribution in [0, 0.1) is 5.92 Å². The minimum atomic E-state index is -3.36. The molecule has 26 heavy (non-hydrogen) atoms. The normalized spacial score (nSPS) is 24.3. The van der Waals surface area contributed by atoms with E-state index in [1.165, 1.54) is 0 Å². The standard InChI is InChI=1S/C19H30NO5P/c1-5-24-19(21)14-20-16(13-15(2)3)7-6-12-25-26(20,22)18-10-8-17(23-4)9-11-18/h8-11,15-16H,5-7,12-14H2,1-4H3. The molecule has 0 aromatic heterocycles. The highest BCUT2D eigenvalue weighted by Crippen LogP contribution is 2.54. The van der Waals surface area contributed by atoms with Gasteiger partial charge in [0.15, 0.2) is 0 Å². The van der Waals surface area contributed by atoms with Crippen molar-refractivity contribution in [3.05, 3.63) is 24.3 Å². The molecule has 0 spiro atoms. The predicted molar refractivity (Wildman–Crippen MR) is 102 cm³/mol. The predicted octanol–water partition coefficient (Wildman–Crippen LogP) is 3.60. The second-order valence-electron chi connectivity index (χ2n) is 6.88. The Kier molecular flexibility index (Phi) is 7.69. The second kappa shape index (κ2) is 9.54. The SMILES string of the molecule is CCOC(=O)CN1C(CC(C)C)CCCOP1(=O)c1ccc(OC)cc1. The van der Waals surface area contributed by atoms with E-state index in [1.54, 1.807) is 43.0 Å². The van der Waals surface area contributed by atoms with E-state index in [9.17, 15) is 9.36 Å². The van der Waals surface area contributed by atoms with Crippen molar-refractivity contribution in [2.45, 2.75) is 46.1 Å². The molecular weight excluding hydrogens is 353 g/mol. The van der Waals surface area contributed by atoms with Gasteiger partial charge < -0.3 is 14.0 Å². The maximum absolute atomic E-state index is 14.0. The van der Waals surface area contributed by atoms with Gasteiger partial charge >= 0.3 is 13.5 Å². The van der Waals surface area contributed by atoms with E-state index in [-0.39, 0.29) is 18.6 Å². The lowest BCUT2D eigenvalue weighted by Crippen LogP contribution is -2.40. The van der Waals surface area contributed by atoms with Gasteiger partial charge in [-0.15, -0.1) is 0 Å². The Hall–Kier alpha value is -1.36. The van der Waals surface area contributed by atoms with Crippen LogP contribution in [0.3, 0.4) is 0 Å². The topological polar surface area (TPSA) is 65.1 Å². The van der Waals surface area contributed by atoms with Crippen LogP contribution in [0.25, 0.3) is 0 Å². The van der Waals surface area contributed by atoms with Gasteiger partial charge in [0, 0.05) is 6.04 Å². The first-order valence-corrected chi connectivity index (χ1v) is 10.8. The Bertz CT molecular complexity index is 631. The molecule has 0 bridgehead atoms. The van der Waals surface area contributed by atoms with Gasteiger partial charge in [0.05, 0.1) is 25.6 Å². The summed E-state index contributed by atoms with van der Waals surface area (Å²) in [4.78, 5) is 12.2. The van der Waals surface area contributed by atoms with Gasteiger partial charge in [-0.25, -0.2) is 4.67 Å². The van der Waals surface area contributed by atoms with Crippen LogP contribution in [0.4, 0.5) is 0 Å². The maximum atomic E-state index is 14.0. The third-order valence-corrected chi connectivity index (χ3v) is 7.07. The average molecular weight is 383 g/mol. The van der Waals surface area contributed by atoms with Crippen molar-refractivity contribution >= 4 is 18.8 Å². The van der Waals surface area contributed by atoms with E-state index in [2.05, 4.69) is 13.8 Å². The van der Waals surface area contributed by atoms with Gasteiger partial charge in [0.25, 0.3) is 0 Å². The number of benzene rings is 1. The molecule has 6 nitrogen and oxygen atoms in total. The molecule has 1 aromatic carbocycles. The van der Waals surface area contributed by atoms with Crippen LogP contribution < -0.4 is 10.0 Å². The molecule has 2 rings (SSSR count). The molecule has 0 aliphatic carbocycles. The first kappa shape index (κ1) is 20.9. The molecule has 146 valence electrons. The highest BCUT2D eigenvalue weighted by Gasteiger charge is 2.42. The van der Waals surface area contributed by atoms with Gasteiger partial charge in [0.1, 0.15) is 12.3 Å². The molecule has 0 amide bonds. The lowest BCUT2D eigenvalue weighted by Gasteiger charge is -2.35. The highest BCUT2D eigenvalue weighted by atomic mass is 31.2. The summed E-state index contributed by atoms with van der Waals surface area (Å²) in [6.45, 7) is 6.71. The van der Waals surface area contributed by atoms with E-state index < -0.39 is 7.52 Å². The van der Waals surface area contributed by atoms with Crippen molar-refractivity contribution in [1.29, 1.82) is 0 Å². The Morgan fingerprint density at radius 2 is 2.04 bits per heavy atom. The second-order valence-corrected chi connectivity index (χ2v) is 9.21. The molecular formula is C19H30NO5P. The first-order chi connectivity index (χ1) is 12.4. The number of methoxy groups -OCH3 is 1. The molecule has 1 heterocycles. The van der Waals surface area contributed by atoms with E-state index >= 15 is 0 Å². The summed E-state index contributed by atoms with van der Waals surface area (Å²) in [7, 11) is -1.77. The van der Waals surface area contributed by atoms with Crippen LogP contribution in [0.1, 0.15) is 40.0 Å². The van der Waals surface area contributed by atoms with Gasteiger partial charge in [-0.3, -0.25) is 9.36 Å². The largest absolute Gasteiger partial charge is 0.497 e. The van der Waals surface area contributed by atoms with Crippen LogP contribution in [0.2, 0.25) is 0 Å². The third-order valence-electron chi connectivity index (χ3n) is 4.45. The van der Waals surface area contributed by atoms with Crippen LogP contribution in [-0.4, -0.2) is 43.5 Å². The van der Waals surface area contributed by atoms with Gasteiger partial charge in [0.2, 0.25) is 0 Å². The molecule has 1 saturated heterocycles. The van der Waals surface area contributed by atoms with E-state index in [4.69, 9.17) is 14.0 Å². The van der Waals surface area contributed by atoms with E-state index in [1.807, 2.05) is 0 Å². The van der Waals surface area contributed by atoms with Crippen molar-refractivity contribution in [3.8, 4) is 5.75 Å². The van der Waals surface area contributed by atoms with Crippen LogP contribution >= 0.6 is 7.52 Å². The number of nitrogens with zero attached hydrogens (tertiary/aromatic N) is 1. The summed E-state index contributed by atoms with van der Waals surface area (Å²) in [6, 6.07) is 7.06. The number of carbonyl (C=O) groups excluding carboxylic acids is 1. The fraction of sp³-hybridized carbons (Fsp3) is 0.632. The summed E-state index contributed by atoms with van der Waals surface area (Å²) in [6.07, 6.45) is 2.51. The smallest absolute Gasteiger partial charge is 0.320 e. The number of rotatable bonds is 7. The Balaban J connectivity index is 2.41. The fourth-order valence-electron chi connectivity index (χ4n) is 3.28. The average Bonchev–Trinajstić information content (AvgIpc) is 2.76. The number of carbonyl (C=O) groups is 1. The maximum Gasteiger partial charge on any atom is 0.320 e. The first-order valence-electron chi connectivity index (χ1n) is 9.22. The van der Waals surface area contributed by atoms with Crippen molar-refractivity contribution in [1.82, 2.24) is 4.67 Å². The van der Waals surface area contributed by atoms with Crippen LogP contribution in [-0.2, 0) is 18.6 Å². The molecule has 0 N–H and O–H groups in total. The van der Waals surface area contributed by atoms with Crippen molar-refractivity contribution in [3.63, 3.8) is 0 Å². The Morgan fingerprint density at radius 3 is 2.62 bits per heavy atom. The van der Waals surface area contributed by atoms with E-state index in [0.717, 1.165) is 19.3 Å². The van der Waals surface area contributed by atoms with Crippen molar-refractivity contribution < 1.29 is 23.4 Å². The molecule has 1 aliphatic heterocycles. The van der Waals surface area contributed by atoms with Crippen molar-refractivity contribution in [2.75, 3.05) is 26.9 Å². The summed E-state index contributed by atoms with van der Waals surface area (Å²) >= 11 is 0.